The molecule has 0 atom stereocenters. The highest BCUT2D eigenvalue weighted by atomic mass is 16.6. The predicted molar refractivity (Wildman–Crippen MR) is 191 cm³/mol. The molecule has 1 amide bonds. The molecule has 49 heavy (non-hydrogen) atoms. The number of ether oxygens (including phenoxy) is 1. The maximum atomic E-state index is 13.0. The van der Waals surface area contributed by atoms with Crippen LogP contribution < -0.4 is 5.73 Å². The molecule has 0 bridgehead atoms. The third-order valence-electron chi connectivity index (χ3n) is 9.03. The Labute approximate surface area is 285 Å². The Bertz CT molecular complexity index is 2010. The van der Waals surface area contributed by atoms with E-state index in [0.29, 0.717) is 11.6 Å². The molecule has 0 aliphatic carbocycles. The summed E-state index contributed by atoms with van der Waals surface area (Å²) in [5.74, 6) is 1.09. The first kappa shape index (κ1) is 32.0. The molecule has 248 valence electrons. The lowest BCUT2D eigenvalue weighted by Crippen LogP contribution is -2.48. The van der Waals surface area contributed by atoms with E-state index in [1.54, 1.807) is 11.1 Å². The summed E-state index contributed by atoms with van der Waals surface area (Å²) in [4.78, 5) is 31.4. The monoisotopic (exact) mass is 653 g/mol. The van der Waals surface area contributed by atoms with Crippen LogP contribution >= 0.6 is 0 Å². The number of aliphatic hydroxyl groups is 1. The number of amides is 1. The summed E-state index contributed by atoms with van der Waals surface area (Å²) in [6.07, 6.45) is 2.92. The molecule has 1 saturated heterocycles. The normalized spacial score (nSPS) is 13.8. The van der Waals surface area contributed by atoms with Gasteiger partial charge < -0.3 is 20.5 Å². The van der Waals surface area contributed by atoms with Crippen molar-refractivity contribution in [3.63, 3.8) is 0 Å². The van der Waals surface area contributed by atoms with Crippen molar-refractivity contribution >= 4 is 23.1 Å². The Hall–Kier alpha value is -5.58. The van der Waals surface area contributed by atoms with Crippen molar-refractivity contribution in [1.29, 1.82) is 0 Å². The summed E-state index contributed by atoms with van der Waals surface area (Å²) in [6.45, 7) is 2.84. The minimum atomic E-state index is -0.378. The van der Waals surface area contributed by atoms with Gasteiger partial charge in [-0.2, -0.15) is 0 Å². The van der Waals surface area contributed by atoms with Gasteiger partial charge in [-0.3, -0.25) is 9.47 Å². The number of nitrogens with zero attached hydrogens (tertiary/aromatic N) is 6. The number of carbonyl (C=O) groups excluding carboxylic acids is 1. The van der Waals surface area contributed by atoms with Crippen molar-refractivity contribution in [1.82, 2.24) is 29.3 Å². The molecule has 0 unspecified atom stereocenters. The van der Waals surface area contributed by atoms with Gasteiger partial charge in [0.15, 0.2) is 11.5 Å². The number of piperidine rings is 1. The summed E-state index contributed by atoms with van der Waals surface area (Å²) < 4.78 is 7.65. The van der Waals surface area contributed by atoms with E-state index >= 15 is 0 Å². The minimum absolute atomic E-state index is 0.0233. The van der Waals surface area contributed by atoms with Crippen molar-refractivity contribution in [3.8, 4) is 28.3 Å². The first-order valence-corrected chi connectivity index (χ1v) is 16.6. The van der Waals surface area contributed by atoms with Crippen LogP contribution in [-0.2, 0) is 17.9 Å². The second-order valence-electron chi connectivity index (χ2n) is 12.2. The van der Waals surface area contributed by atoms with E-state index < -0.39 is 0 Å². The van der Waals surface area contributed by atoms with Crippen LogP contribution in [0, 0.1) is 0 Å². The predicted octanol–water partition coefficient (Wildman–Crippen LogP) is 6.33. The number of rotatable bonds is 10. The molecule has 0 spiro atoms. The van der Waals surface area contributed by atoms with E-state index in [2.05, 4.69) is 38.7 Å². The molecule has 6 aromatic rings. The van der Waals surface area contributed by atoms with Crippen LogP contribution in [-0.4, -0.2) is 72.8 Å². The Morgan fingerprint density at radius 1 is 0.857 bits per heavy atom. The molecule has 1 aliphatic heterocycles. The lowest BCUT2D eigenvalue weighted by atomic mass is 10.0. The number of likely N-dealkylation sites (tertiary alicyclic amines) is 1. The van der Waals surface area contributed by atoms with Crippen LogP contribution in [0.3, 0.4) is 0 Å². The molecule has 10 nitrogen and oxygen atoms in total. The van der Waals surface area contributed by atoms with Gasteiger partial charge in [-0.25, -0.2) is 19.7 Å². The zero-order valence-electron chi connectivity index (χ0n) is 27.2. The van der Waals surface area contributed by atoms with Crippen molar-refractivity contribution in [2.75, 3.05) is 32.0 Å². The molecule has 3 aromatic heterocycles. The Balaban J connectivity index is 1.07. The SMILES string of the molecule is Nc1ncccc1-c1nc2ccc(-c3ccccc3)nc2n1-c1ccc(CN2CCC(N(CCO)C(=O)OCc3ccccc3)CC2)cc1. The maximum absolute atomic E-state index is 13.0. The van der Waals surface area contributed by atoms with Gasteiger partial charge in [0.1, 0.15) is 17.9 Å². The standard InChI is InChI=1S/C39H39N7O3/c40-36-33(12-7-21-41-36)37-43-35-18-17-34(30-10-5-2-6-11-30)42-38(35)46(37)32-15-13-28(14-16-32)26-44-22-19-31(20-23-44)45(24-25-47)39(48)49-27-29-8-3-1-4-9-29/h1-18,21,31,47H,19-20,22-27H2,(H2,40,41). The molecular weight excluding hydrogens is 614 g/mol. The fourth-order valence-corrected chi connectivity index (χ4v) is 6.49. The van der Waals surface area contributed by atoms with Crippen LogP contribution in [0.15, 0.2) is 115 Å². The number of benzene rings is 3. The first-order chi connectivity index (χ1) is 24.1. The average molecular weight is 654 g/mol. The second kappa shape index (κ2) is 14.7. The number of anilines is 1. The first-order valence-electron chi connectivity index (χ1n) is 16.6. The number of pyridine rings is 2. The van der Waals surface area contributed by atoms with Gasteiger partial charge in [-0.1, -0.05) is 72.8 Å². The van der Waals surface area contributed by atoms with E-state index in [9.17, 15) is 9.90 Å². The number of hydrogen-bond donors (Lipinski definition) is 2. The van der Waals surface area contributed by atoms with Crippen LogP contribution in [0.2, 0.25) is 0 Å². The number of aliphatic hydroxyl groups excluding tert-OH is 1. The zero-order valence-corrected chi connectivity index (χ0v) is 27.2. The summed E-state index contributed by atoms with van der Waals surface area (Å²) in [5, 5.41) is 9.68. The largest absolute Gasteiger partial charge is 0.445 e. The number of fused-ring (bicyclic) bond motifs is 1. The van der Waals surface area contributed by atoms with Gasteiger partial charge >= 0.3 is 6.09 Å². The summed E-state index contributed by atoms with van der Waals surface area (Å²) in [5.41, 5.74) is 13.5. The number of aromatic nitrogens is 4. The van der Waals surface area contributed by atoms with Crippen LogP contribution in [0.4, 0.5) is 10.6 Å². The number of imidazole rings is 1. The molecular formula is C39H39N7O3. The fourth-order valence-electron chi connectivity index (χ4n) is 6.49. The molecule has 1 fully saturated rings. The summed E-state index contributed by atoms with van der Waals surface area (Å²) in [6, 6.07) is 36.0. The molecule has 1 aliphatic rings. The molecule has 0 radical (unpaired) electrons. The van der Waals surface area contributed by atoms with E-state index in [-0.39, 0.29) is 31.9 Å². The Morgan fingerprint density at radius 3 is 2.31 bits per heavy atom. The Morgan fingerprint density at radius 2 is 1.59 bits per heavy atom. The lowest BCUT2D eigenvalue weighted by molar-refractivity contribution is 0.0514. The highest BCUT2D eigenvalue weighted by molar-refractivity contribution is 5.84. The van der Waals surface area contributed by atoms with Gasteiger partial charge in [0, 0.05) is 49.7 Å². The second-order valence-corrected chi connectivity index (χ2v) is 12.2. The van der Waals surface area contributed by atoms with Gasteiger partial charge in [0.25, 0.3) is 0 Å². The molecule has 10 heteroatoms. The maximum Gasteiger partial charge on any atom is 0.410 e. The quantitative estimate of drug-likeness (QED) is 0.176. The minimum Gasteiger partial charge on any atom is -0.445 e. The van der Waals surface area contributed by atoms with Gasteiger partial charge in [0.05, 0.1) is 17.9 Å². The van der Waals surface area contributed by atoms with Gasteiger partial charge in [-0.05, 0) is 60.4 Å². The van der Waals surface area contributed by atoms with Crippen LogP contribution in [0.5, 0.6) is 0 Å². The Kier molecular flexibility index (Phi) is 9.58. The number of carbonyl (C=O) groups is 1. The van der Waals surface area contributed by atoms with Crippen molar-refractivity contribution in [2.45, 2.75) is 32.0 Å². The number of nitrogen functional groups attached to an aromatic ring is 1. The van der Waals surface area contributed by atoms with Crippen molar-refractivity contribution in [2.24, 2.45) is 0 Å². The van der Waals surface area contributed by atoms with E-state index in [1.807, 2.05) is 84.9 Å². The summed E-state index contributed by atoms with van der Waals surface area (Å²) >= 11 is 0. The van der Waals surface area contributed by atoms with E-state index in [1.165, 1.54) is 5.56 Å². The molecule has 0 saturated carbocycles. The van der Waals surface area contributed by atoms with E-state index in [4.69, 9.17) is 20.4 Å². The van der Waals surface area contributed by atoms with Gasteiger partial charge in [-0.15, -0.1) is 0 Å². The topological polar surface area (TPSA) is 123 Å². The molecule has 4 heterocycles. The molecule has 7 rings (SSSR count). The number of nitrogens with two attached hydrogens (primary N) is 1. The molecule has 3 aromatic carbocycles. The number of hydrogen-bond acceptors (Lipinski definition) is 8. The van der Waals surface area contributed by atoms with Crippen molar-refractivity contribution < 1.29 is 14.6 Å². The average Bonchev–Trinajstić information content (AvgIpc) is 3.53. The van der Waals surface area contributed by atoms with Crippen LogP contribution in [0.1, 0.15) is 24.0 Å². The van der Waals surface area contributed by atoms with Crippen molar-refractivity contribution in [3.05, 3.63) is 127 Å². The zero-order chi connectivity index (χ0) is 33.6. The molecule has 3 N–H and O–H groups in total. The summed E-state index contributed by atoms with van der Waals surface area (Å²) in [7, 11) is 0. The highest BCUT2D eigenvalue weighted by Crippen LogP contribution is 2.32. The van der Waals surface area contributed by atoms with E-state index in [0.717, 1.165) is 71.7 Å². The third kappa shape index (κ3) is 7.15. The lowest BCUT2D eigenvalue weighted by Gasteiger charge is -2.37. The van der Waals surface area contributed by atoms with Gasteiger partial charge in [0.2, 0.25) is 0 Å². The fraction of sp³-hybridized carbons (Fsp3) is 0.231. The smallest absolute Gasteiger partial charge is 0.410 e. The highest BCUT2D eigenvalue weighted by Gasteiger charge is 2.29. The van der Waals surface area contributed by atoms with Crippen LogP contribution in [0.25, 0.3) is 39.5 Å². The third-order valence-corrected chi connectivity index (χ3v) is 9.03.